The normalized spacial score (nSPS) is 19.0. The Labute approximate surface area is 111 Å². The van der Waals surface area contributed by atoms with Crippen LogP contribution in [0.2, 0.25) is 0 Å². The summed E-state index contributed by atoms with van der Waals surface area (Å²) in [6, 6.07) is 0.0610. The van der Waals surface area contributed by atoms with E-state index >= 15 is 0 Å². The quantitative estimate of drug-likeness (QED) is 0.607. The molecule has 1 N–H and O–H groups in total. The molecule has 1 aromatic carbocycles. The zero-order valence-electron chi connectivity index (χ0n) is 10.2. The summed E-state index contributed by atoms with van der Waals surface area (Å²) in [4.78, 5) is 35.5. The van der Waals surface area contributed by atoms with E-state index in [1.165, 1.54) is 6.92 Å². The molecular weight excluding hydrogens is 277 g/mol. The molecule has 0 radical (unpaired) electrons. The SMILES string of the molecule is CC1C(=O)NC(=O)CN1C(=O)c1cc(F)c(F)c(F)c1. The number of rotatable bonds is 1. The summed E-state index contributed by atoms with van der Waals surface area (Å²) in [7, 11) is 0. The lowest BCUT2D eigenvalue weighted by molar-refractivity contribution is -0.138. The fraction of sp³-hybridized carbons (Fsp3) is 0.250. The fourth-order valence-electron chi connectivity index (χ4n) is 1.81. The predicted octanol–water partition coefficient (Wildman–Crippen LogP) is 0.591. The van der Waals surface area contributed by atoms with Crippen LogP contribution >= 0.6 is 0 Å². The Morgan fingerprint density at radius 2 is 1.80 bits per heavy atom. The molecule has 20 heavy (non-hydrogen) atoms. The second kappa shape index (κ2) is 4.95. The molecule has 1 aromatic rings. The lowest BCUT2D eigenvalue weighted by atomic mass is 10.1. The van der Waals surface area contributed by atoms with Crippen LogP contribution in [0.15, 0.2) is 12.1 Å². The van der Waals surface area contributed by atoms with Crippen molar-refractivity contribution in [2.75, 3.05) is 6.54 Å². The molecule has 1 unspecified atom stereocenters. The Bertz CT molecular complexity index is 595. The number of piperazine rings is 1. The minimum Gasteiger partial charge on any atom is -0.318 e. The summed E-state index contributed by atoms with van der Waals surface area (Å²) in [6.07, 6.45) is 0. The predicted molar refractivity (Wildman–Crippen MR) is 60.0 cm³/mol. The van der Waals surface area contributed by atoms with Crippen molar-refractivity contribution < 1.29 is 27.6 Å². The number of benzene rings is 1. The van der Waals surface area contributed by atoms with Crippen molar-refractivity contribution in [2.45, 2.75) is 13.0 Å². The number of hydrogen-bond donors (Lipinski definition) is 1. The molecule has 1 aliphatic heterocycles. The monoisotopic (exact) mass is 286 g/mol. The van der Waals surface area contributed by atoms with Crippen molar-refractivity contribution in [2.24, 2.45) is 0 Å². The highest BCUT2D eigenvalue weighted by molar-refractivity contribution is 6.07. The van der Waals surface area contributed by atoms with Gasteiger partial charge in [-0.05, 0) is 19.1 Å². The number of halogens is 3. The van der Waals surface area contributed by atoms with Crippen LogP contribution < -0.4 is 5.32 Å². The van der Waals surface area contributed by atoms with Gasteiger partial charge in [0.2, 0.25) is 11.8 Å². The minimum atomic E-state index is -1.69. The molecule has 8 heteroatoms. The van der Waals surface area contributed by atoms with Gasteiger partial charge < -0.3 is 4.90 Å². The topological polar surface area (TPSA) is 66.5 Å². The minimum absolute atomic E-state index is 0.424. The smallest absolute Gasteiger partial charge is 0.255 e. The van der Waals surface area contributed by atoms with E-state index in [9.17, 15) is 27.6 Å². The van der Waals surface area contributed by atoms with Gasteiger partial charge in [0.15, 0.2) is 17.5 Å². The van der Waals surface area contributed by atoms with Crippen LogP contribution in [0.3, 0.4) is 0 Å². The van der Waals surface area contributed by atoms with Crippen LogP contribution in [0.5, 0.6) is 0 Å². The summed E-state index contributed by atoms with van der Waals surface area (Å²) in [5.74, 6) is -7.06. The number of carbonyl (C=O) groups is 3. The van der Waals surface area contributed by atoms with E-state index in [4.69, 9.17) is 0 Å². The van der Waals surface area contributed by atoms with E-state index in [2.05, 4.69) is 0 Å². The van der Waals surface area contributed by atoms with Gasteiger partial charge in [-0.25, -0.2) is 13.2 Å². The van der Waals surface area contributed by atoms with E-state index in [0.717, 1.165) is 4.90 Å². The summed E-state index contributed by atoms with van der Waals surface area (Å²) in [5, 5.41) is 2.02. The summed E-state index contributed by atoms with van der Waals surface area (Å²) in [5.41, 5.74) is -0.476. The summed E-state index contributed by atoms with van der Waals surface area (Å²) >= 11 is 0. The maximum atomic E-state index is 13.1. The van der Waals surface area contributed by atoms with Crippen molar-refractivity contribution in [3.63, 3.8) is 0 Å². The van der Waals surface area contributed by atoms with Gasteiger partial charge in [0.25, 0.3) is 5.91 Å². The van der Waals surface area contributed by atoms with Gasteiger partial charge in [0.05, 0.1) is 0 Å². The first kappa shape index (κ1) is 14.0. The zero-order valence-corrected chi connectivity index (χ0v) is 10.2. The van der Waals surface area contributed by atoms with Gasteiger partial charge in [-0.15, -0.1) is 0 Å². The molecule has 1 aliphatic rings. The molecule has 0 spiro atoms. The third-order valence-corrected chi connectivity index (χ3v) is 2.92. The van der Waals surface area contributed by atoms with E-state index in [0.29, 0.717) is 12.1 Å². The Balaban J connectivity index is 2.35. The fourth-order valence-corrected chi connectivity index (χ4v) is 1.81. The van der Waals surface area contributed by atoms with Gasteiger partial charge in [0, 0.05) is 5.56 Å². The number of nitrogens with zero attached hydrogens (tertiary/aromatic N) is 1. The van der Waals surface area contributed by atoms with Gasteiger partial charge in [-0.2, -0.15) is 0 Å². The third kappa shape index (κ3) is 2.36. The zero-order chi connectivity index (χ0) is 15.0. The molecular formula is C12H9F3N2O3. The summed E-state index contributed by atoms with van der Waals surface area (Å²) < 4.78 is 39.0. The molecule has 1 atom stereocenters. The molecule has 0 aliphatic carbocycles. The maximum absolute atomic E-state index is 13.1. The molecule has 3 amide bonds. The first-order valence-corrected chi connectivity index (χ1v) is 5.60. The standard InChI is InChI=1S/C12H9F3N2O3/c1-5-11(19)16-9(18)4-17(5)12(20)6-2-7(13)10(15)8(14)3-6/h2-3,5H,4H2,1H3,(H,16,18,19). The van der Waals surface area contributed by atoms with Crippen molar-refractivity contribution >= 4 is 17.7 Å². The first-order chi connectivity index (χ1) is 9.31. The van der Waals surface area contributed by atoms with Crippen molar-refractivity contribution in [1.29, 1.82) is 0 Å². The van der Waals surface area contributed by atoms with E-state index in [1.54, 1.807) is 0 Å². The highest BCUT2D eigenvalue weighted by Crippen LogP contribution is 2.17. The second-order valence-corrected chi connectivity index (χ2v) is 4.28. The molecule has 0 bridgehead atoms. The van der Waals surface area contributed by atoms with Crippen LogP contribution in [0.1, 0.15) is 17.3 Å². The molecule has 0 aromatic heterocycles. The Hall–Kier alpha value is -2.38. The van der Waals surface area contributed by atoms with E-state index in [-0.39, 0.29) is 0 Å². The molecule has 1 heterocycles. The van der Waals surface area contributed by atoms with E-state index < -0.39 is 53.3 Å². The Kier molecular flexibility index (Phi) is 3.47. The van der Waals surface area contributed by atoms with Crippen molar-refractivity contribution in [3.8, 4) is 0 Å². The lowest BCUT2D eigenvalue weighted by Crippen LogP contribution is -2.58. The average Bonchev–Trinajstić information content (AvgIpc) is 2.38. The lowest BCUT2D eigenvalue weighted by Gasteiger charge is -2.31. The van der Waals surface area contributed by atoms with Crippen LogP contribution in [-0.2, 0) is 9.59 Å². The first-order valence-electron chi connectivity index (χ1n) is 5.60. The maximum Gasteiger partial charge on any atom is 0.255 e. The highest BCUT2D eigenvalue weighted by atomic mass is 19.2. The number of imide groups is 1. The van der Waals surface area contributed by atoms with Crippen molar-refractivity contribution in [3.05, 3.63) is 35.1 Å². The third-order valence-electron chi connectivity index (χ3n) is 2.92. The highest BCUT2D eigenvalue weighted by Gasteiger charge is 2.34. The van der Waals surface area contributed by atoms with Gasteiger partial charge in [-0.1, -0.05) is 0 Å². The summed E-state index contributed by atoms with van der Waals surface area (Å²) in [6.45, 7) is 0.933. The van der Waals surface area contributed by atoms with Crippen LogP contribution in [0.4, 0.5) is 13.2 Å². The molecule has 5 nitrogen and oxygen atoms in total. The number of amides is 3. The second-order valence-electron chi connectivity index (χ2n) is 4.28. The Morgan fingerprint density at radius 3 is 2.35 bits per heavy atom. The van der Waals surface area contributed by atoms with Crippen LogP contribution in [-0.4, -0.2) is 35.2 Å². The van der Waals surface area contributed by atoms with E-state index in [1.807, 2.05) is 5.32 Å². The average molecular weight is 286 g/mol. The molecule has 2 rings (SSSR count). The molecule has 0 saturated carbocycles. The Morgan fingerprint density at radius 1 is 1.25 bits per heavy atom. The molecule has 1 saturated heterocycles. The van der Waals surface area contributed by atoms with Gasteiger partial charge in [-0.3, -0.25) is 19.7 Å². The molecule has 1 fully saturated rings. The van der Waals surface area contributed by atoms with Gasteiger partial charge in [0.1, 0.15) is 12.6 Å². The largest absolute Gasteiger partial charge is 0.318 e. The van der Waals surface area contributed by atoms with Crippen LogP contribution in [0, 0.1) is 17.5 Å². The number of hydrogen-bond acceptors (Lipinski definition) is 3. The molecule has 106 valence electrons. The number of carbonyl (C=O) groups excluding carboxylic acids is 3. The number of nitrogens with one attached hydrogen (secondary N) is 1. The van der Waals surface area contributed by atoms with Crippen LogP contribution in [0.25, 0.3) is 0 Å². The van der Waals surface area contributed by atoms with Crippen molar-refractivity contribution in [1.82, 2.24) is 10.2 Å². The van der Waals surface area contributed by atoms with Gasteiger partial charge >= 0.3 is 0 Å².